The predicted octanol–water partition coefficient (Wildman–Crippen LogP) is 1.66. The molecule has 1 rings (SSSR count). The van der Waals surface area contributed by atoms with Crippen molar-refractivity contribution in [3.63, 3.8) is 0 Å². The molecule has 1 N–H and O–H groups in total. The highest BCUT2D eigenvalue weighted by Crippen LogP contribution is 2.24. The van der Waals surface area contributed by atoms with E-state index in [-0.39, 0.29) is 24.2 Å². The summed E-state index contributed by atoms with van der Waals surface area (Å²) in [5.74, 6) is -1.01. The molecule has 1 aliphatic heterocycles. The molecular weight excluding hydrogens is 222 g/mol. The molecule has 0 unspecified atom stereocenters. The van der Waals surface area contributed by atoms with E-state index in [1.807, 2.05) is 0 Å². The zero-order chi connectivity index (χ0) is 12.8. The minimum Gasteiger partial charge on any atom is -0.478 e. The van der Waals surface area contributed by atoms with Gasteiger partial charge in [-0.1, -0.05) is 19.2 Å². The Labute approximate surface area is 100 Å². The number of likely N-dealkylation sites (tertiary alicyclic amines) is 1. The molecule has 1 saturated heterocycles. The Morgan fingerprint density at radius 2 is 2.00 bits per heavy atom. The molecule has 1 fully saturated rings. The van der Waals surface area contributed by atoms with Crippen LogP contribution in [-0.2, 0) is 9.53 Å². The largest absolute Gasteiger partial charge is 0.478 e. The average molecular weight is 239 g/mol. The van der Waals surface area contributed by atoms with Gasteiger partial charge in [0.2, 0.25) is 0 Å². The summed E-state index contributed by atoms with van der Waals surface area (Å²) in [5.41, 5.74) is 0.226. The lowest BCUT2D eigenvalue weighted by Gasteiger charge is -2.31. The number of amides is 1. The highest BCUT2D eigenvalue weighted by atomic mass is 16.6. The summed E-state index contributed by atoms with van der Waals surface area (Å²) in [6.07, 6.45) is 2.38. The van der Waals surface area contributed by atoms with Crippen molar-refractivity contribution in [3.05, 3.63) is 24.8 Å². The molecule has 0 atom stereocenters. The first-order valence-electron chi connectivity index (χ1n) is 5.51. The zero-order valence-electron chi connectivity index (χ0n) is 9.72. The second kappa shape index (κ2) is 6.08. The van der Waals surface area contributed by atoms with Crippen LogP contribution in [0.2, 0.25) is 0 Å². The van der Waals surface area contributed by atoms with Gasteiger partial charge in [-0.3, -0.25) is 0 Å². The smallest absolute Gasteiger partial charge is 0.410 e. The van der Waals surface area contributed by atoms with Crippen LogP contribution >= 0.6 is 0 Å². The summed E-state index contributed by atoms with van der Waals surface area (Å²) in [6.45, 7) is 8.22. The molecule has 1 aliphatic rings. The van der Waals surface area contributed by atoms with Crippen LogP contribution in [-0.4, -0.2) is 41.8 Å². The summed E-state index contributed by atoms with van der Waals surface area (Å²) in [7, 11) is 0. The maximum Gasteiger partial charge on any atom is 0.410 e. The van der Waals surface area contributed by atoms with Gasteiger partial charge >= 0.3 is 12.1 Å². The fourth-order valence-electron chi connectivity index (χ4n) is 1.81. The third-order valence-electron chi connectivity index (χ3n) is 2.85. The first-order chi connectivity index (χ1) is 8.06. The second-order valence-corrected chi connectivity index (χ2v) is 3.96. The molecule has 1 amide bonds. The molecule has 5 heteroatoms. The molecule has 1 heterocycles. The van der Waals surface area contributed by atoms with Gasteiger partial charge in [0.25, 0.3) is 0 Å². The van der Waals surface area contributed by atoms with E-state index in [1.54, 1.807) is 4.90 Å². The number of aliphatic carboxylic acids is 1. The van der Waals surface area contributed by atoms with Crippen molar-refractivity contribution >= 4 is 12.1 Å². The number of rotatable bonds is 4. The summed E-state index contributed by atoms with van der Waals surface area (Å²) in [4.78, 5) is 23.8. The van der Waals surface area contributed by atoms with Gasteiger partial charge < -0.3 is 14.7 Å². The van der Waals surface area contributed by atoms with Gasteiger partial charge in [-0.15, -0.1) is 0 Å². The highest BCUT2D eigenvalue weighted by molar-refractivity contribution is 5.86. The minimum atomic E-state index is -0.960. The van der Waals surface area contributed by atoms with E-state index >= 15 is 0 Å². The molecule has 0 bridgehead atoms. The monoisotopic (exact) mass is 239 g/mol. The fourth-order valence-corrected chi connectivity index (χ4v) is 1.81. The van der Waals surface area contributed by atoms with E-state index in [0.717, 1.165) is 0 Å². The third kappa shape index (κ3) is 3.62. The SMILES string of the molecule is C=CCOC(=O)N1CCC(C(=C)C(=O)O)CC1. The summed E-state index contributed by atoms with van der Waals surface area (Å²) in [6, 6.07) is 0. The Bertz CT molecular complexity index is 329. The van der Waals surface area contributed by atoms with E-state index in [9.17, 15) is 9.59 Å². The first-order valence-corrected chi connectivity index (χ1v) is 5.51. The fraction of sp³-hybridized carbons (Fsp3) is 0.500. The molecule has 0 saturated carbocycles. The number of nitrogens with zero attached hydrogens (tertiary/aromatic N) is 1. The van der Waals surface area contributed by atoms with Crippen LogP contribution in [0, 0.1) is 5.92 Å². The molecule has 0 aromatic heterocycles. The van der Waals surface area contributed by atoms with Gasteiger partial charge in [-0.2, -0.15) is 0 Å². The molecule has 94 valence electrons. The quantitative estimate of drug-likeness (QED) is 0.598. The van der Waals surface area contributed by atoms with Crippen molar-refractivity contribution in [1.29, 1.82) is 0 Å². The van der Waals surface area contributed by atoms with Crippen LogP contribution < -0.4 is 0 Å². The van der Waals surface area contributed by atoms with Crippen LogP contribution in [0.5, 0.6) is 0 Å². The number of ether oxygens (including phenoxy) is 1. The number of carbonyl (C=O) groups is 2. The van der Waals surface area contributed by atoms with Gasteiger partial charge in [0, 0.05) is 18.7 Å². The lowest BCUT2D eigenvalue weighted by Crippen LogP contribution is -2.39. The number of carbonyl (C=O) groups excluding carboxylic acids is 1. The molecule has 17 heavy (non-hydrogen) atoms. The zero-order valence-corrected chi connectivity index (χ0v) is 9.72. The lowest BCUT2D eigenvalue weighted by atomic mass is 9.90. The van der Waals surface area contributed by atoms with Crippen LogP contribution in [0.3, 0.4) is 0 Å². The highest BCUT2D eigenvalue weighted by Gasteiger charge is 2.27. The van der Waals surface area contributed by atoms with E-state index in [2.05, 4.69) is 13.2 Å². The van der Waals surface area contributed by atoms with Crippen LogP contribution in [0.15, 0.2) is 24.8 Å². The van der Waals surface area contributed by atoms with Crippen molar-refractivity contribution in [2.24, 2.45) is 5.92 Å². The number of piperidine rings is 1. The van der Waals surface area contributed by atoms with E-state index in [1.165, 1.54) is 6.08 Å². The topological polar surface area (TPSA) is 66.8 Å². The van der Waals surface area contributed by atoms with Gasteiger partial charge in [-0.05, 0) is 18.8 Å². The number of carboxylic acid groups (broad SMARTS) is 1. The summed E-state index contributed by atoms with van der Waals surface area (Å²) in [5, 5.41) is 8.81. The third-order valence-corrected chi connectivity index (χ3v) is 2.85. The first kappa shape index (κ1) is 13.3. The van der Waals surface area contributed by atoms with E-state index < -0.39 is 5.97 Å². The Morgan fingerprint density at radius 1 is 1.41 bits per heavy atom. The van der Waals surface area contributed by atoms with Crippen LogP contribution in [0.1, 0.15) is 12.8 Å². The molecule has 0 spiro atoms. The minimum absolute atomic E-state index is 0.0454. The van der Waals surface area contributed by atoms with Gasteiger partial charge in [0.1, 0.15) is 6.61 Å². The summed E-state index contributed by atoms with van der Waals surface area (Å²) < 4.78 is 4.90. The standard InChI is InChI=1S/C12H17NO4/c1-3-8-17-12(16)13-6-4-10(5-7-13)9(2)11(14)15/h3,10H,1-2,4-8H2,(H,14,15). The van der Waals surface area contributed by atoms with Gasteiger partial charge in [0.05, 0.1) is 0 Å². The van der Waals surface area contributed by atoms with Crippen molar-refractivity contribution in [1.82, 2.24) is 4.90 Å². The molecule has 0 aromatic carbocycles. The summed E-state index contributed by atoms with van der Waals surface area (Å²) >= 11 is 0. The Hall–Kier alpha value is -1.78. The normalized spacial score (nSPS) is 16.4. The van der Waals surface area contributed by atoms with Crippen molar-refractivity contribution in [2.75, 3.05) is 19.7 Å². The number of carboxylic acids is 1. The van der Waals surface area contributed by atoms with E-state index in [0.29, 0.717) is 25.9 Å². The average Bonchev–Trinajstić information content (AvgIpc) is 2.35. The van der Waals surface area contributed by atoms with E-state index in [4.69, 9.17) is 9.84 Å². The van der Waals surface area contributed by atoms with Crippen LogP contribution in [0.4, 0.5) is 4.79 Å². The molecular formula is C12H17NO4. The van der Waals surface area contributed by atoms with Gasteiger partial charge in [0.15, 0.2) is 0 Å². The van der Waals surface area contributed by atoms with Crippen LogP contribution in [0.25, 0.3) is 0 Å². The van der Waals surface area contributed by atoms with Gasteiger partial charge in [-0.25, -0.2) is 9.59 Å². The van der Waals surface area contributed by atoms with Crippen molar-refractivity contribution in [3.8, 4) is 0 Å². The number of hydrogen-bond donors (Lipinski definition) is 1. The predicted molar refractivity (Wildman–Crippen MR) is 62.6 cm³/mol. The molecule has 0 aromatic rings. The Balaban J connectivity index is 2.40. The Kier molecular flexibility index (Phi) is 4.75. The molecule has 5 nitrogen and oxygen atoms in total. The lowest BCUT2D eigenvalue weighted by molar-refractivity contribution is -0.133. The molecule has 0 radical (unpaired) electrons. The maximum atomic E-state index is 11.5. The maximum absolute atomic E-state index is 11.5. The Morgan fingerprint density at radius 3 is 2.47 bits per heavy atom. The molecule has 0 aliphatic carbocycles. The van der Waals surface area contributed by atoms with Crippen molar-refractivity contribution in [2.45, 2.75) is 12.8 Å². The van der Waals surface area contributed by atoms with Crippen molar-refractivity contribution < 1.29 is 19.4 Å². The number of hydrogen-bond acceptors (Lipinski definition) is 3. The second-order valence-electron chi connectivity index (χ2n) is 3.96.